The van der Waals surface area contributed by atoms with Crippen molar-refractivity contribution in [2.75, 3.05) is 28.4 Å². The van der Waals surface area contributed by atoms with Gasteiger partial charge in [-0.3, -0.25) is 0 Å². The van der Waals surface area contributed by atoms with Crippen molar-refractivity contribution in [1.29, 1.82) is 0 Å². The Morgan fingerprint density at radius 1 is 0.433 bits per heavy atom. The van der Waals surface area contributed by atoms with Crippen LogP contribution in [0.2, 0.25) is 0 Å². The normalized spacial score (nSPS) is 11.1. The number of rotatable bonds is 8. The summed E-state index contributed by atoms with van der Waals surface area (Å²) in [5.74, 6) is 2.87. The van der Waals surface area contributed by atoms with Gasteiger partial charge in [0.25, 0.3) is 0 Å². The van der Waals surface area contributed by atoms with Crippen LogP contribution in [0.4, 0.5) is 0 Å². The molecule has 0 aliphatic heterocycles. The molecule has 154 valence electrons. The minimum Gasteiger partial charge on any atom is -0.493 e. The summed E-state index contributed by atoms with van der Waals surface area (Å²) in [7, 11) is 6.54. The zero-order valence-corrected chi connectivity index (χ0v) is 17.7. The second-order valence-electron chi connectivity index (χ2n) is 6.57. The first-order valence-corrected chi connectivity index (χ1v) is 9.57. The Kier molecular flexibility index (Phi) is 7.17. The molecule has 0 radical (unpaired) electrons. The van der Waals surface area contributed by atoms with Crippen molar-refractivity contribution < 1.29 is 18.9 Å². The first kappa shape index (κ1) is 21.1. The van der Waals surface area contributed by atoms with E-state index in [2.05, 4.69) is 42.5 Å². The summed E-state index contributed by atoms with van der Waals surface area (Å²) < 4.78 is 21.3. The summed E-state index contributed by atoms with van der Waals surface area (Å²) in [6.07, 6.45) is 8.27. The van der Waals surface area contributed by atoms with E-state index >= 15 is 0 Å². The van der Waals surface area contributed by atoms with Crippen molar-refractivity contribution in [3.63, 3.8) is 0 Å². The number of ether oxygens (including phenoxy) is 4. The van der Waals surface area contributed by atoms with E-state index in [0.29, 0.717) is 11.5 Å². The average Bonchev–Trinajstić information content (AvgIpc) is 2.81. The summed E-state index contributed by atoms with van der Waals surface area (Å²) >= 11 is 0. The molecule has 0 unspecified atom stereocenters. The SMILES string of the molecule is COc1ccc(/C=C/c2cccc(/C=C/c3ccc(OC)c(OC)c3)c2)cc1OC. The van der Waals surface area contributed by atoms with Crippen molar-refractivity contribution in [1.82, 2.24) is 0 Å². The van der Waals surface area contributed by atoms with E-state index in [1.807, 2.05) is 42.5 Å². The highest BCUT2D eigenvalue weighted by Crippen LogP contribution is 2.29. The van der Waals surface area contributed by atoms with Crippen LogP contribution in [0.1, 0.15) is 22.3 Å². The highest BCUT2D eigenvalue weighted by atomic mass is 16.5. The van der Waals surface area contributed by atoms with Crippen LogP contribution in [0.25, 0.3) is 24.3 Å². The maximum atomic E-state index is 5.37. The summed E-state index contributed by atoms with van der Waals surface area (Å²) in [6.45, 7) is 0. The van der Waals surface area contributed by atoms with E-state index in [9.17, 15) is 0 Å². The van der Waals surface area contributed by atoms with E-state index in [1.54, 1.807) is 28.4 Å². The molecule has 0 bridgehead atoms. The van der Waals surface area contributed by atoms with Gasteiger partial charge in [0.1, 0.15) is 0 Å². The van der Waals surface area contributed by atoms with Crippen LogP contribution in [-0.2, 0) is 0 Å². The molecule has 0 atom stereocenters. The third-order valence-corrected chi connectivity index (χ3v) is 4.66. The topological polar surface area (TPSA) is 36.9 Å². The Balaban J connectivity index is 1.76. The summed E-state index contributed by atoms with van der Waals surface area (Å²) in [4.78, 5) is 0. The van der Waals surface area contributed by atoms with Gasteiger partial charge in [0.15, 0.2) is 23.0 Å². The molecule has 0 amide bonds. The summed E-state index contributed by atoms with van der Waals surface area (Å²) in [5.41, 5.74) is 4.30. The van der Waals surface area contributed by atoms with Crippen LogP contribution < -0.4 is 18.9 Å². The fourth-order valence-corrected chi connectivity index (χ4v) is 3.06. The van der Waals surface area contributed by atoms with Crippen molar-refractivity contribution in [3.8, 4) is 23.0 Å². The molecule has 4 heteroatoms. The van der Waals surface area contributed by atoms with Gasteiger partial charge in [-0.15, -0.1) is 0 Å². The molecule has 0 spiro atoms. The Bertz CT molecular complexity index is 970. The molecule has 0 fully saturated rings. The van der Waals surface area contributed by atoms with Crippen LogP contribution in [0.5, 0.6) is 23.0 Å². The first-order chi connectivity index (χ1) is 14.7. The van der Waals surface area contributed by atoms with Crippen LogP contribution in [-0.4, -0.2) is 28.4 Å². The number of methoxy groups -OCH3 is 4. The minimum atomic E-state index is 0.714. The van der Waals surface area contributed by atoms with E-state index < -0.39 is 0 Å². The van der Waals surface area contributed by atoms with Crippen molar-refractivity contribution in [2.24, 2.45) is 0 Å². The molecular weight excluding hydrogens is 376 g/mol. The third-order valence-electron chi connectivity index (χ3n) is 4.66. The second-order valence-corrected chi connectivity index (χ2v) is 6.57. The predicted octanol–water partition coefficient (Wildman–Crippen LogP) is 6.06. The quantitative estimate of drug-likeness (QED) is 0.429. The lowest BCUT2D eigenvalue weighted by Gasteiger charge is -2.07. The molecule has 0 saturated carbocycles. The molecule has 0 aliphatic rings. The first-order valence-electron chi connectivity index (χ1n) is 9.57. The Morgan fingerprint density at radius 3 is 1.17 bits per heavy atom. The lowest BCUT2D eigenvalue weighted by atomic mass is 10.1. The van der Waals surface area contributed by atoms with Gasteiger partial charge in [0.05, 0.1) is 28.4 Å². The second kappa shape index (κ2) is 10.2. The molecule has 0 aliphatic carbocycles. The molecule has 0 saturated heterocycles. The molecule has 30 heavy (non-hydrogen) atoms. The molecule has 4 nitrogen and oxygen atoms in total. The third kappa shape index (κ3) is 5.23. The zero-order valence-electron chi connectivity index (χ0n) is 17.7. The van der Waals surface area contributed by atoms with Gasteiger partial charge < -0.3 is 18.9 Å². The lowest BCUT2D eigenvalue weighted by molar-refractivity contribution is 0.355. The Hall–Kier alpha value is -3.66. The van der Waals surface area contributed by atoms with Crippen LogP contribution >= 0.6 is 0 Å². The van der Waals surface area contributed by atoms with Crippen molar-refractivity contribution >= 4 is 24.3 Å². The molecule has 0 aromatic heterocycles. The van der Waals surface area contributed by atoms with E-state index in [4.69, 9.17) is 18.9 Å². The maximum absolute atomic E-state index is 5.37. The zero-order chi connectivity index (χ0) is 21.3. The Labute approximate surface area is 178 Å². The molecule has 3 aromatic rings. The number of benzene rings is 3. The minimum absolute atomic E-state index is 0.714. The van der Waals surface area contributed by atoms with E-state index in [-0.39, 0.29) is 0 Å². The van der Waals surface area contributed by atoms with Crippen LogP contribution in [0, 0.1) is 0 Å². The molecule has 3 aromatic carbocycles. The number of hydrogen-bond donors (Lipinski definition) is 0. The highest BCUT2D eigenvalue weighted by Gasteiger charge is 2.03. The van der Waals surface area contributed by atoms with Gasteiger partial charge >= 0.3 is 0 Å². The van der Waals surface area contributed by atoms with Gasteiger partial charge in [0.2, 0.25) is 0 Å². The molecular formula is C26H26O4. The summed E-state index contributed by atoms with van der Waals surface area (Å²) in [5, 5.41) is 0. The monoisotopic (exact) mass is 402 g/mol. The average molecular weight is 402 g/mol. The van der Waals surface area contributed by atoms with Gasteiger partial charge in [0, 0.05) is 0 Å². The van der Waals surface area contributed by atoms with Gasteiger partial charge in [-0.2, -0.15) is 0 Å². The van der Waals surface area contributed by atoms with E-state index in [1.165, 1.54) is 0 Å². The maximum Gasteiger partial charge on any atom is 0.161 e. The highest BCUT2D eigenvalue weighted by molar-refractivity contribution is 5.75. The standard InChI is InChI=1S/C26H26O4/c1-27-23-14-12-21(17-25(23)29-3)10-8-19-6-5-7-20(16-19)9-11-22-13-15-24(28-2)26(18-22)30-4/h5-18H,1-4H3/b10-8+,11-9+. The molecule has 3 rings (SSSR count). The smallest absolute Gasteiger partial charge is 0.161 e. The van der Waals surface area contributed by atoms with Crippen LogP contribution in [0.3, 0.4) is 0 Å². The predicted molar refractivity (Wildman–Crippen MR) is 123 cm³/mol. The van der Waals surface area contributed by atoms with Gasteiger partial charge in [-0.25, -0.2) is 0 Å². The fraction of sp³-hybridized carbons (Fsp3) is 0.154. The lowest BCUT2D eigenvalue weighted by Crippen LogP contribution is -1.90. The largest absolute Gasteiger partial charge is 0.493 e. The Morgan fingerprint density at radius 2 is 0.800 bits per heavy atom. The van der Waals surface area contributed by atoms with Gasteiger partial charge in [-0.05, 0) is 52.6 Å². The van der Waals surface area contributed by atoms with Gasteiger partial charge in [-0.1, -0.05) is 54.6 Å². The summed E-state index contributed by atoms with van der Waals surface area (Å²) in [6, 6.07) is 20.0. The molecule has 0 N–H and O–H groups in total. The van der Waals surface area contributed by atoms with E-state index in [0.717, 1.165) is 33.8 Å². The van der Waals surface area contributed by atoms with Crippen molar-refractivity contribution in [3.05, 3.63) is 82.9 Å². The van der Waals surface area contributed by atoms with Crippen LogP contribution in [0.15, 0.2) is 60.7 Å². The number of hydrogen-bond acceptors (Lipinski definition) is 4. The fourth-order valence-electron chi connectivity index (χ4n) is 3.06. The van der Waals surface area contributed by atoms with Crippen molar-refractivity contribution in [2.45, 2.75) is 0 Å². The molecule has 0 heterocycles.